The van der Waals surface area contributed by atoms with Crippen molar-refractivity contribution in [3.63, 3.8) is 0 Å². The van der Waals surface area contributed by atoms with Gasteiger partial charge in [0.05, 0.1) is 0 Å². The second-order valence-corrected chi connectivity index (χ2v) is 2.33. The summed E-state index contributed by atoms with van der Waals surface area (Å²) in [6, 6.07) is 0. The summed E-state index contributed by atoms with van der Waals surface area (Å²) in [4.78, 5) is 9.93. The van der Waals surface area contributed by atoms with E-state index in [1.54, 1.807) is 0 Å². The molecule has 5 nitrogen and oxygen atoms in total. The fourth-order valence-electron chi connectivity index (χ4n) is 0.624. The van der Waals surface area contributed by atoms with E-state index in [2.05, 4.69) is 6.58 Å². The highest BCUT2D eigenvalue weighted by Crippen LogP contribution is 2.04. The largest absolute Gasteiger partial charge is 0.387 e. The third kappa shape index (κ3) is 2.71. The molecule has 0 fully saturated rings. The van der Waals surface area contributed by atoms with Crippen LogP contribution in [0.15, 0.2) is 12.7 Å². The first-order chi connectivity index (χ1) is 5.54. The third-order valence-electron chi connectivity index (χ3n) is 1.43. The molecule has 0 amide bonds. The minimum Gasteiger partial charge on any atom is -0.387 e. The predicted octanol–water partition coefficient (Wildman–Crippen LogP) is -2.19. The Balaban J connectivity index is 4.16. The molecule has 0 radical (unpaired) electrons. The van der Waals surface area contributed by atoms with Crippen LogP contribution in [0.2, 0.25) is 0 Å². The van der Waals surface area contributed by atoms with Gasteiger partial charge in [0.15, 0.2) is 6.29 Å². The summed E-state index contributed by atoms with van der Waals surface area (Å²) in [7, 11) is 0. The standard InChI is InChI=1S/C7H12O5/c1-2-4(9)6(11)7(12)5(10)3-8/h2-7,9-12H,1H2. The first-order valence-electron chi connectivity index (χ1n) is 3.34. The van der Waals surface area contributed by atoms with Gasteiger partial charge in [-0.3, -0.25) is 0 Å². The number of carbonyl (C=O) groups excluding carboxylic acids is 1. The maximum Gasteiger partial charge on any atom is 0.151 e. The molecule has 0 bridgehead atoms. The molecule has 0 aliphatic rings. The van der Waals surface area contributed by atoms with E-state index in [1.807, 2.05) is 0 Å². The minimum absolute atomic E-state index is 0.0731. The molecule has 0 saturated carbocycles. The molecule has 4 atom stereocenters. The summed E-state index contributed by atoms with van der Waals surface area (Å²) < 4.78 is 0. The Morgan fingerprint density at radius 2 is 1.42 bits per heavy atom. The predicted molar refractivity (Wildman–Crippen MR) is 40.3 cm³/mol. The van der Waals surface area contributed by atoms with Gasteiger partial charge in [-0.1, -0.05) is 6.08 Å². The highest BCUT2D eigenvalue weighted by molar-refractivity contribution is 5.56. The lowest BCUT2D eigenvalue weighted by Crippen LogP contribution is -2.44. The summed E-state index contributed by atoms with van der Waals surface area (Å²) in [6.07, 6.45) is -5.31. The van der Waals surface area contributed by atoms with Crippen LogP contribution in [-0.2, 0) is 4.79 Å². The lowest BCUT2D eigenvalue weighted by molar-refractivity contribution is -0.130. The average molecular weight is 176 g/mol. The van der Waals surface area contributed by atoms with Gasteiger partial charge in [0, 0.05) is 0 Å². The minimum atomic E-state index is -1.70. The van der Waals surface area contributed by atoms with Crippen molar-refractivity contribution in [2.24, 2.45) is 0 Å². The zero-order valence-electron chi connectivity index (χ0n) is 6.37. The van der Waals surface area contributed by atoms with Gasteiger partial charge in [0.25, 0.3) is 0 Å². The van der Waals surface area contributed by atoms with Crippen LogP contribution in [0.25, 0.3) is 0 Å². The van der Waals surface area contributed by atoms with Gasteiger partial charge in [-0.05, 0) is 0 Å². The molecular formula is C7H12O5. The summed E-state index contributed by atoms with van der Waals surface area (Å²) in [5.74, 6) is 0. The molecule has 4 N–H and O–H groups in total. The number of aliphatic hydroxyl groups excluding tert-OH is 4. The van der Waals surface area contributed by atoms with Gasteiger partial charge >= 0.3 is 0 Å². The molecule has 0 heterocycles. The van der Waals surface area contributed by atoms with Crippen molar-refractivity contribution >= 4 is 6.29 Å². The van der Waals surface area contributed by atoms with Crippen LogP contribution in [0.3, 0.4) is 0 Å². The van der Waals surface area contributed by atoms with Crippen LogP contribution in [0, 0.1) is 0 Å². The van der Waals surface area contributed by atoms with Crippen LogP contribution in [0.5, 0.6) is 0 Å². The van der Waals surface area contributed by atoms with Crippen molar-refractivity contribution in [1.82, 2.24) is 0 Å². The summed E-state index contributed by atoms with van der Waals surface area (Å²) in [5.41, 5.74) is 0. The fourth-order valence-corrected chi connectivity index (χ4v) is 0.624. The van der Waals surface area contributed by atoms with E-state index in [1.165, 1.54) is 0 Å². The first-order valence-corrected chi connectivity index (χ1v) is 3.34. The second kappa shape index (κ2) is 5.00. The number of aldehydes is 1. The zero-order valence-corrected chi connectivity index (χ0v) is 6.37. The van der Waals surface area contributed by atoms with Gasteiger partial charge < -0.3 is 25.2 Å². The quantitative estimate of drug-likeness (QED) is 0.282. The van der Waals surface area contributed by atoms with Crippen LogP contribution in [0.1, 0.15) is 0 Å². The van der Waals surface area contributed by atoms with Crippen molar-refractivity contribution in [3.8, 4) is 0 Å². The molecule has 0 aromatic carbocycles. The highest BCUT2D eigenvalue weighted by Gasteiger charge is 2.28. The second-order valence-electron chi connectivity index (χ2n) is 2.33. The molecule has 4 unspecified atom stereocenters. The van der Waals surface area contributed by atoms with Crippen molar-refractivity contribution in [2.75, 3.05) is 0 Å². The molecule has 0 aliphatic heterocycles. The van der Waals surface area contributed by atoms with Gasteiger partial charge in [0.2, 0.25) is 0 Å². The van der Waals surface area contributed by atoms with E-state index < -0.39 is 24.4 Å². The molecule has 0 aromatic rings. The summed E-state index contributed by atoms with van der Waals surface area (Å²) >= 11 is 0. The monoisotopic (exact) mass is 176 g/mol. The summed E-state index contributed by atoms with van der Waals surface area (Å²) in [5, 5.41) is 35.6. The van der Waals surface area contributed by atoms with Gasteiger partial charge in [-0.2, -0.15) is 0 Å². The number of carbonyl (C=O) groups is 1. The molecule has 5 heteroatoms. The molecule has 0 aliphatic carbocycles. The Labute approximate surface area is 69.6 Å². The van der Waals surface area contributed by atoms with E-state index >= 15 is 0 Å². The highest BCUT2D eigenvalue weighted by atomic mass is 16.4. The summed E-state index contributed by atoms with van der Waals surface area (Å²) in [6.45, 7) is 3.16. The number of hydrogen-bond acceptors (Lipinski definition) is 5. The Morgan fingerprint density at radius 3 is 1.75 bits per heavy atom. The molecule has 0 rings (SSSR count). The van der Waals surface area contributed by atoms with Gasteiger partial charge in [0.1, 0.15) is 24.4 Å². The molecular weight excluding hydrogens is 164 g/mol. The Morgan fingerprint density at radius 1 is 1.00 bits per heavy atom. The van der Waals surface area contributed by atoms with Gasteiger partial charge in [-0.25, -0.2) is 0 Å². The first kappa shape index (κ1) is 11.2. The Bertz CT molecular complexity index is 140. The van der Waals surface area contributed by atoms with Crippen LogP contribution in [-0.4, -0.2) is 51.1 Å². The molecule has 0 saturated heterocycles. The van der Waals surface area contributed by atoms with Crippen molar-refractivity contribution in [1.29, 1.82) is 0 Å². The molecule has 0 aromatic heterocycles. The average Bonchev–Trinajstić information content (AvgIpc) is 2.12. The maximum absolute atomic E-state index is 9.93. The Hall–Kier alpha value is -0.750. The smallest absolute Gasteiger partial charge is 0.151 e. The van der Waals surface area contributed by atoms with E-state index in [4.69, 9.17) is 20.4 Å². The fraction of sp³-hybridized carbons (Fsp3) is 0.571. The lowest BCUT2D eigenvalue weighted by atomic mass is 10.0. The SMILES string of the molecule is C=CC(O)C(O)C(O)C(O)C=O. The van der Waals surface area contributed by atoms with E-state index in [-0.39, 0.29) is 6.29 Å². The normalized spacial score (nSPS) is 20.7. The lowest BCUT2D eigenvalue weighted by Gasteiger charge is -2.21. The zero-order chi connectivity index (χ0) is 9.72. The maximum atomic E-state index is 9.93. The molecule has 70 valence electrons. The number of rotatable bonds is 5. The van der Waals surface area contributed by atoms with E-state index in [0.717, 1.165) is 6.08 Å². The van der Waals surface area contributed by atoms with Gasteiger partial charge in [-0.15, -0.1) is 6.58 Å². The van der Waals surface area contributed by atoms with Crippen molar-refractivity contribution < 1.29 is 25.2 Å². The molecule has 12 heavy (non-hydrogen) atoms. The topological polar surface area (TPSA) is 98.0 Å². The molecule has 0 spiro atoms. The number of hydrogen-bond donors (Lipinski definition) is 4. The van der Waals surface area contributed by atoms with Crippen LogP contribution < -0.4 is 0 Å². The third-order valence-corrected chi connectivity index (χ3v) is 1.43. The number of aliphatic hydroxyl groups is 4. The van der Waals surface area contributed by atoms with E-state index in [9.17, 15) is 4.79 Å². The van der Waals surface area contributed by atoms with Crippen molar-refractivity contribution in [3.05, 3.63) is 12.7 Å². The van der Waals surface area contributed by atoms with Crippen LogP contribution >= 0.6 is 0 Å². The Kier molecular flexibility index (Phi) is 4.68. The van der Waals surface area contributed by atoms with Crippen molar-refractivity contribution in [2.45, 2.75) is 24.4 Å². The van der Waals surface area contributed by atoms with E-state index in [0.29, 0.717) is 0 Å². The van der Waals surface area contributed by atoms with Crippen LogP contribution in [0.4, 0.5) is 0 Å².